The number of aromatic nitrogens is 5. The Morgan fingerprint density at radius 1 is 1.00 bits per heavy atom. The number of rotatable bonds is 4. The molecule has 1 amide bonds. The number of para-hydroxylation sites is 1. The summed E-state index contributed by atoms with van der Waals surface area (Å²) in [6.45, 7) is 1.79. The van der Waals surface area contributed by atoms with Crippen molar-refractivity contribution in [2.75, 3.05) is 5.32 Å². The van der Waals surface area contributed by atoms with Crippen molar-refractivity contribution in [1.82, 2.24) is 24.7 Å². The number of nitrogens with zero attached hydrogens (tertiary/aromatic N) is 4. The Hall–Kier alpha value is -4.59. The summed E-state index contributed by atoms with van der Waals surface area (Å²) in [5, 5.41) is 10.1. The van der Waals surface area contributed by atoms with E-state index < -0.39 is 0 Å². The summed E-state index contributed by atoms with van der Waals surface area (Å²) < 4.78 is 1.55. The highest BCUT2D eigenvalue weighted by molar-refractivity contribution is 6.04. The van der Waals surface area contributed by atoms with Gasteiger partial charge < -0.3 is 5.32 Å². The molecule has 0 unspecified atom stereocenters. The van der Waals surface area contributed by atoms with Crippen molar-refractivity contribution in [1.29, 1.82) is 0 Å². The molecule has 0 fully saturated rings. The quantitative estimate of drug-likeness (QED) is 0.459. The first-order valence-electron chi connectivity index (χ1n) is 9.96. The van der Waals surface area contributed by atoms with Gasteiger partial charge in [0.1, 0.15) is 12.2 Å². The fourth-order valence-corrected chi connectivity index (χ4v) is 3.60. The van der Waals surface area contributed by atoms with Crippen molar-refractivity contribution in [2.45, 2.75) is 6.92 Å². The second-order valence-corrected chi connectivity index (χ2v) is 7.23. The maximum absolute atomic E-state index is 13.0. The molecule has 0 saturated heterocycles. The van der Waals surface area contributed by atoms with Gasteiger partial charge in [-0.3, -0.25) is 19.3 Å². The SMILES string of the molecule is Cc1nc2ccccc2c(=O)n1-c1ccc(C(=O)Nc2cccc(-c3ncn[nH]3)c2)cc1. The van der Waals surface area contributed by atoms with Gasteiger partial charge in [0.25, 0.3) is 11.5 Å². The minimum Gasteiger partial charge on any atom is -0.322 e. The first-order valence-corrected chi connectivity index (χ1v) is 9.96. The van der Waals surface area contributed by atoms with Crippen molar-refractivity contribution in [3.63, 3.8) is 0 Å². The van der Waals surface area contributed by atoms with Gasteiger partial charge in [0.05, 0.1) is 16.6 Å². The number of aryl methyl sites for hydroxylation is 1. The van der Waals surface area contributed by atoms with Gasteiger partial charge in [0, 0.05) is 16.8 Å². The molecule has 32 heavy (non-hydrogen) atoms. The average molecular weight is 422 g/mol. The van der Waals surface area contributed by atoms with Crippen LogP contribution < -0.4 is 10.9 Å². The monoisotopic (exact) mass is 422 g/mol. The van der Waals surface area contributed by atoms with E-state index in [2.05, 4.69) is 25.5 Å². The number of carbonyl (C=O) groups excluding carboxylic acids is 1. The zero-order valence-corrected chi connectivity index (χ0v) is 17.1. The fraction of sp³-hybridized carbons (Fsp3) is 0.0417. The van der Waals surface area contributed by atoms with E-state index in [-0.39, 0.29) is 11.5 Å². The van der Waals surface area contributed by atoms with Crippen LogP contribution in [-0.2, 0) is 0 Å². The van der Waals surface area contributed by atoms with Crippen LogP contribution in [0.5, 0.6) is 0 Å². The van der Waals surface area contributed by atoms with Crippen LogP contribution in [0.2, 0.25) is 0 Å². The van der Waals surface area contributed by atoms with Crippen LogP contribution in [0.4, 0.5) is 5.69 Å². The molecular weight excluding hydrogens is 404 g/mol. The van der Waals surface area contributed by atoms with Crippen molar-refractivity contribution < 1.29 is 4.79 Å². The van der Waals surface area contributed by atoms with E-state index in [1.165, 1.54) is 6.33 Å². The molecule has 0 aliphatic carbocycles. The van der Waals surface area contributed by atoms with E-state index in [1.807, 2.05) is 36.4 Å². The first kappa shape index (κ1) is 19.4. The Balaban J connectivity index is 1.41. The summed E-state index contributed by atoms with van der Waals surface area (Å²) in [5.74, 6) is 0.942. The molecule has 0 radical (unpaired) electrons. The molecule has 8 heteroatoms. The lowest BCUT2D eigenvalue weighted by Gasteiger charge is -2.12. The van der Waals surface area contributed by atoms with Gasteiger partial charge in [-0.2, -0.15) is 5.10 Å². The summed E-state index contributed by atoms with van der Waals surface area (Å²) >= 11 is 0. The molecule has 5 rings (SSSR count). The number of aromatic amines is 1. The summed E-state index contributed by atoms with van der Waals surface area (Å²) in [7, 11) is 0. The van der Waals surface area contributed by atoms with Gasteiger partial charge in [-0.1, -0.05) is 24.3 Å². The first-order chi connectivity index (χ1) is 15.6. The number of carbonyl (C=O) groups is 1. The lowest BCUT2D eigenvalue weighted by atomic mass is 10.1. The Labute approximate surface area is 182 Å². The zero-order valence-electron chi connectivity index (χ0n) is 17.1. The smallest absolute Gasteiger partial charge is 0.265 e. The van der Waals surface area contributed by atoms with E-state index >= 15 is 0 Å². The molecule has 0 spiro atoms. The Morgan fingerprint density at radius 3 is 2.59 bits per heavy atom. The minimum atomic E-state index is -0.257. The second-order valence-electron chi connectivity index (χ2n) is 7.23. The van der Waals surface area contributed by atoms with Gasteiger partial charge in [-0.25, -0.2) is 9.97 Å². The van der Waals surface area contributed by atoms with Crippen LogP contribution in [-0.4, -0.2) is 30.6 Å². The minimum absolute atomic E-state index is 0.144. The molecule has 0 aliphatic rings. The lowest BCUT2D eigenvalue weighted by Crippen LogP contribution is -2.22. The molecule has 2 N–H and O–H groups in total. The predicted octanol–water partition coefficient (Wildman–Crippen LogP) is 3.73. The lowest BCUT2D eigenvalue weighted by molar-refractivity contribution is 0.102. The Morgan fingerprint density at radius 2 is 1.81 bits per heavy atom. The molecule has 0 aliphatic heterocycles. The average Bonchev–Trinajstić information content (AvgIpc) is 3.35. The number of hydrogen-bond acceptors (Lipinski definition) is 5. The van der Waals surface area contributed by atoms with Gasteiger partial charge in [-0.05, 0) is 55.5 Å². The third kappa shape index (κ3) is 3.54. The number of H-pyrrole nitrogens is 1. The molecule has 2 aromatic heterocycles. The number of amides is 1. The summed E-state index contributed by atoms with van der Waals surface area (Å²) in [5.41, 5.74) is 3.09. The third-order valence-electron chi connectivity index (χ3n) is 5.14. The molecule has 3 aromatic carbocycles. The van der Waals surface area contributed by atoms with Crippen LogP contribution in [0.25, 0.3) is 28.0 Å². The zero-order chi connectivity index (χ0) is 22.1. The largest absolute Gasteiger partial charge is 0.322 e. The third-order valence-corrected chi connectivity index (χ3v) is 5.14. The summed E-state index contributed by atoms with van der Waals surface area (Å²) in [6, 6.07) is 21.4. The van der Waals surface area contributed by atoms with E-state index in [9.17, 15) is 9.59 Å². The molecule has 0 atom stereocenters. The van der Waals surface area contributed by atoms with Gasteiger partial charge in [-0.15, -0.1) is 0 Å². The summed E-state index contributed by atoms with van der Waals surface area (Å²) in [6.07, 6.45) is 1.43. The van der Waals surface area contributed by atoms with E-state index in [0.29, 0.717) is 39.5 Å². The van der Waals surface area contributed by atoms with Crippen LogP contribution in [0.3, 0.4) is 0 Å². The molecule has 0 saturated carbocycles. The number of benzene rings is 3. The number of anilines is 1. The van der Waals surface area contributed by atoms with Crippen LogP contribution in [0.1, 0.15) is 16.2 Å². The van der Waals surface area contributed by atoms with Gasteiger partial charge >= 0.3 is 0 Å². The van der Waals surface area contributed by atoms with E-state index in [0.717, 1.165) is 5.56 Å². The maximum Gasteiger partial charge on any atom is 0.265 e. The number of hydrogen-bond donors (Lipinski definition) is 2. The van der Waals surface area contributed by atoms with Crippen molar-refractivity contribution in [3.05, 3.63) is 101 Å². The highest BCUT2D eigenvalue weighted by Crippen LogP contribution is 2.20. The highest BCUT2D eigenvalue weighted by Gasteiger charge is 2.12. The Bertz CT molecular complexity index is 1490. The van der Waals surface area contributed by atoms with E-state index in [4.69, 9.17) is 0 Å². The summed E-state index contributed by atoms with van der Waals surface area (Å²) in [4.78, 5) is 34.4. The normalized spacial score (nSPS) is 10.9. The van der Waals surface area contributed by atoms with E-state index in [1.54, 1.807) is 47.9 Å². The van der Waals surface area contributed by atoms with Crippen LogP contribution >= 0.6 is 0 Å². The second kappa shape index (κ2) is 7.92. The standard InChI is InChI=1S/C24H18N6O2/c1-15-27-21-8-3-2-7-20(21)24(32)30(15)19-11-9-16(10-12-19)23(31)28-18-6-4-5-17(13-18)22-25-14-26-29-22/h2-14H,1H3,(H,28,31)(H,25,26,29). The van der Waals surface area contributed by atoms with Crippen molar-refractivity contribution >= 4 is 22.5 Å². The molecule has 156 valence electrons. The maximum atomic E-state index is 13.0. The molecule has 2 heterocycles. The van der Waals surface area contributed by atoms with Gasteiger partial charge in [0.2, 0.25) is 0 Å². The Kier molecular flexibility index (Phi) is 4.79. The molecule has 0 bridgehead atoms. The number of fused-ring (bicyclic) bond motifs is 1. The van der Waals surface area contributed by atoms with Crippen LogP contribution in [0, 0.1) is 6.92 Å². The van der Waals surface area contributed by atoms with Crippen LogP contribution in [0.15, 0.2) is 83.9 Å². The predicted molar refractivity (Wildman–Crippen MR) is 122 cm³/mol. The molecule has 8 nitrogen and oxygen atoms in total. The van der Waals surface area contributed by atoms with Crippen molar-refractivity contribution in [2.24, 2.45) is 0 Å². The number of nitrogens with one attached hydrogen (secondary N) is 2. The molecular formula is C24H18N6O2. The highest BCUT2D eigenvalue weighted by atomic mass is 16.1. The van der Waals surface area contributed by atoms with Gasteiger partial charge in [0.15, 0.2) is 5.82 Å². The van der Waals surface area contributed by atoms with Crippen molar-refractivity contribution in [3.8, 4) is 17.1 Å². The topological polar surface area (TPSA) is 106 Å². The fourth-order valence-electron chi connectivity index (χ4n) is 3.60. The molecule has 5 aromatic rings.